The lowest BCUT2D eigenvalue weighted by atomic mass is 10.2. The van der Waals surface area contributed by atoms with Crippen LogP contribution >= 0.6 is 0 Å². The number of aryl methyl sites for hydroxylation is 1. The SMILES string of the molecule is Cc1cccc(-n2ncc(C(=O)NCCc3cn4ccccc4n3)c2C)c1. The molecule has 1 N–H and O–H groups in total. The number of carbonyl (C=O) groups excluding carboxylic acids is 1. The van der Waals surface area contributed by atoms with E-state index in [-0.39, 0.29) is 5.91 Å². The van der Waals surface area contributed by atoms with Crippen LogP contribution in [0.25, 0.3) is 11.3 Å². The molecule has 6 heteroatoms. The van der Waals surface area contributed by atoms with Crippen LogP contribution < -0.4 is 5.32 Å². The largest absolute Gasteiger partial charge is 0.352 e. The summed E-state index contributed by atoms with van der Waals surface area (Å²) in [7, 11) is 0. The molecule has 6 nitrogen and oxygen atoms in total. The smallest absolute Gasteiger partial charge is 0.254 e. The molecule has 0 aliphatic rings. The lowest BCUT2D eigenvalue weighted by molar-refractivity contribution is 0.0953. The van der Waals surface area contributed by atoms with Crippen LogP contribution in [-0.2, 0) is 6.42 Å². The van der Waals surface area contributed by atoms with Crippen LogP contribution in [0.15, 0.2) is 61.1 Å². The zero-order chi connectivity index (χ0) is 18.8. The highest BCUT2D eigenvalue weighted by Crippen LogP contribution is 2.15. The van der Waals surface area contributed by atoms with E-state index in [1.54, 1.807) is 10.9 Å². The second kappa shape index (κ2) is 7.07. The monoisotopic (exact) mass is 359 g/mol. The minimum absolute atomic E-state index is 0.116. The standard InChI is InChI=1S/C21H21N5O/c1-15-6-5-7-18(12-15)26-16(2)19(13-23-26)21(27)22-10-9-17-14-25-11-4-3-8-20(25)24-17/h3-8,11-14H,9-10H2,1-2H3,(H,22,27). The van der Waals surface area contributed by atoms with Gasteiger partial charge in [0, 0.05) is 25.4 Å². The number of amides is 1. The third-order valence-electron chi connectivity index (χ3n) is 4.58. The third kappa shape index (κ3) is 3.46. The number of nitrogens with one attached hydrogen (secondary N) is 1. The van der Waals surface area contributed by atoms with E-state index in [1.165, 1.54) is 0 Å². The summed E-state index contributed by atoms with van der Waals surface area (Å²) >= 11 is 0. The van der Waals surface area contributed by atoms with Crippen molar-refractivity contribution in [2.24, 2.45) is 0 Å². The van der Waals surface area contributed by atoms with E-state index >= 15 is 0 Å². The molecule has 0 fully saturated rings. The molecule has 0 unspecified atom stereocenters. The number of hydrogen-bond acceptors (Lipinski definition) is 3. The van der Waals surface area contributed by atoms with E-state index in [1.807, 2.05) is 73.1 Å². The molecule has 136 valence electrons. The lowest BCUT2D eigenvalue weighted by Gasteiger charge is -2.07. The van der Waals surface area contributed by atoms with Gasteiger partial charge in [0.2, 0.25) is 0 Å². The summed E-state index contributed by atoms with van der Waals surface area (Å²) in [5.74, 6) is -0.116. The number of carbonyl (C=O) groups is 1. The molecule has 1 aromatic carbocycles. The molecule has 0 aliphatic carbocycles. The van der Waals surface area contributed by atoms with Crippen molar-refractivity contribution in [1.82, 2.24) is 24.5 Å². The Labute approximate surface area is 157 Å². The summed E-state index contributed by atoms with van der Waals surface area (Å²) in [6, 6.07) is 13.9. The highest BCUT2D eigenvalue weighted by molar-refractivity contribution is 5.95. The Bertz CT molecular complexity index is 1080. The predicted octanol–water partition coefficient (Wildman–Crippen LogP) is 3.11. The van der Waals surface area contributed by atoms with Crippen LogP contribution in [0.4, 0.5) is 0 Å². The maximum absolute atomic E-state index is 12.5. The average Bonchev–Trinajstić information content (AvgIpc) is 3.24. The number of benzene rings is 1. The normalized spacial score (nSPS) is 11.0. The number of imidazole rings is 1. The topological polar surface area (TPSA) is 64.2 Å². The van der Waals surface area contributed by atoms with Gasteiger partial charge in [-0.15, -0.1) is 0 Å². The van der Waals surface area contributed by atoms with Gasteiger partial charge < -0.3 is 9.72 Å². The maximum atomic E-state index is 12.5. The van der Waals surface area contributed by atoms with E-state index in [4.69, 9.17) is 0 Å². The van der Waals surface area contributed by atoms with E-state index in [2.05, 4.69) is 15.4 Å². The summed E-state index contributed by atoms with van der Waals surface area (Å²) in [5, 5.41) is 7.35. The van der Waals surface area contributed by atoms with Gasteiger partial charge in [-0.2, -0.15) is 5.10 Å². The fourth-order valence-corrected chi connectivity index (χ4v) is 3.16. The summed E-state index contributed by atoms with van der Waals surface area (Å²) < 4.78 is 3.78. The zero-order valence-corrected chi connectivity index (χ0v) is 15.4. The first-order valence-corrected chi connectivity index (χ1v) is 8.94. The van der Waals surface area contributed by atoms with Gasteiger partial charge in [0.25, 0.3) is 5.91 Å². The van der Waals surface area contributed by atoms with Gasteiger partial charge in [0.05, 0.1) is 28.8 Å². The highest BCUT2D eigenvalue weighted by atomic mass is 16.1. The highest BCUT2D eigenvalue weighted by Gasteiger charge is 2.15. The van der Waals surface area contributed by atoms with Crippen molar-refractivity contribution in [3.63, 3.8) is 0 Å². The van der Waals surface area contributed by atoms with Crippen LogP contribution in [0.3, 0.4) is 0 Å². The molecule has 0 saturated carbocycles. The average molecular weight is 359 g/mol. The Morgan fingerprint density at radius 1 is 1.15 bits per heavy atom. The van der Waals surface area contributed by atoms with Gasteiger partial charge in [-0.1, -0.05) is 18.2 Å². The first kappa shape index (κ1) is 17.0. The van der Waals surface area contributed by atoms with Gasteiger partial charge in [-0.25, -0.2) is 9.67 Å². The third-order valence-corrected chi connectivity index (χ3v) is 4.58. The second-order valence-electron chi connectivity index (χ2n) is 6.60. The number of pyridine rings is 1. The molecule has 4 rings (SSSR count). The number of fused-ring (bicyclic) bond motifs is 1. The molecule has 0 atom stereocenters. The lowest BCUT2D eigenvalue weighted by Crippen LogP contribution is -2.26. The van der Waals surface area contributed by atoms with Crippen LogP contribution in [0, 0.1) is 13.8 Å². The Hall–Kier alpha value is -3.41. The molecule has 0 bridgehead atoms. The van der Waals surface area contributed by atoms with Gasteiger partial charge in [0.15, 0.2) is 0 Å². The Kier molecular flexibility index (Phi) is 4.46. The van der Waals surface area contributed by atoms with Crippen LogP contribution in [0.1, 0.15) is 27.3 Å². The summed E-state index contributed by atoms with van der Waals surface area (Å²) in [4.78, 5) is 17.1. The molecule has 1 amide bonds. The van der Waals surface area contributed by atoms with Gasteiger partial charge in [0.1, 0.15) is 5.65 Å². The van der Waals surface area contributed by atoms with E-state index < -0.39 is 0 Å². The first-order valence-electron chi connectivity index (χ1n) is 8.94. The van der Waals surface area contributed by atoms with E-state index in [0.29, 0.717) is 18.5 Å². The van der Waals surface area contributed by atoms with Crippen molar-refractivity contribution in [3.05, 3.63) is 83.6 Å². The van der Waals surface area contributed by atoms with Crippen molar-refractivity contribution >= 4 is 11.6 Å². The number of rotatable bonds is 5. The van der Waals surface area contributed by atoms with Crippen LogP contribution in [0.5, 0.6) is 0 Å². The zero-order valence-electron chi connectivity index (χ0n) is 15.4. The Morgan fingerprint density at radius 3 is 2.85 bits per heavy atom. The predicted molar refractivity (Wildman–Crippen MR) is 104 cm³/mol. The van der Waals surface area contributed by atoms with Crippen LogP contribution in [0.2, 0.25) is 0 Å². The van der Waals surface area contributed by atoms with E-state index in [0.717, 1.165) is 28.3 Å². The fourth-order valence-electron chi connectivity index (χ4n) is 3.16. The molecule has 3 heterocycles. The molecule has 27 heavy (non-hydrogen) atoms. The molecule has 3 aromatic heterocycles. The summed E-state index contributed by atoms with van der Waals surface area (Å²) in [6.45, 7) is 4.47. The summed E-state index contributed by atoms with van der Waals surface area (Å²) in [5.41, 5.74) is 5.39. The fraction of sp³-hybridized carbons (Fsp3) is 0.190. The van der Waals surface area contributed by atoms with Crippen molar-refractivity contribution in [3.8, 4) is 5.69 Å². The molecule has 4 aromatic rings. The molecular weight excluding hydrogens is 338 g/mol. The number of aromatic nitrogens is 4. The van der Waals surface area contributed by atoms with Crippen LogP contribution in [-0.4, -0.2) is 31.6 Å². The maximum Gasteiger partial charge on any atom is 0.254 e. The second-order valence-corrected chi connectivity index (χ2v) is 6.60. The van der Waals surface area contributed by atoms with Crippen molar-refractivity contribution in [2.75, 3.05) is 6.54 Å². The Balaban J connectivity index is 1.42. The van der Waals surface area contributed by atoms with Crippen molar-refractivity contribution in [2.45, 2.75) is 20.3 Å². The first-order chi connectivity index (χ1) is 13.1. The molecule has 0 radical (unpaired) electrons. The van der Waals surface area contributed by atoms with E-state index in [9.17, 15) is 4.79 Å². The molecular formula is C21H21N5O. The quantitative estimate of drug-likeness (QED) is 0.595. The van der Waals surface area contributed by atoms with Crippen molar-refractivity contribution < 1.29 is 4.79 Å². The number of nitrogens with zero attached hydrogens (tertiary/aromatic N) is 4. The molecule has 0 spiro atoms. The number of hydrogen-bond donors (Lipinski definition) is 1. The minimum atomic E-state index is -0.116. The minimum Gasteiger partial charge on any atom is -0.352 e. The van der Waals surface area contributed by atoms with Crippen molar-refractivity contribution in [1.29, 1.82) is 0 Å². The molecule has 0 aliphatic heterocycles. The van der Waals surface area contributed by atoms with Gasteiger partial charge >= 0.3 is 0 Å². The Morgan fingerprint density at radius 2 is 2.04 bits per heavy atom. The van der Waals surface area contributed by atoms with Gasteiger partial charge in [-0.3, -0.25) is 4.79 Å². The summed E-state index contributed by atoms with van der Waals surface area (Å²) in [6.07, 6.45) is 6.26. The molecule has 0 saturated heterocycles. The van der Waals surface area contributed by atoms with Gasteiger partial charge in [-0.05, 0) is 43.7 Å².